The Morgan fingerprint density at radius 2 is 1.75 bits per heavy atom. The van der Waals surface area contributed by atoms with Gasteiger partial charge in [0.1, 0.15) is 0 Å². The molecule has 1 aromatic carbocycles. The molecule has 176 valence electrons. The second-order valence-electron chi connectivity index (χ2n) is 7.96. The summed E-state index contributed by atoms with van der Waals surface area (Å²) in [6.45, 7) is 4.41. The van der Waals surface area contributed by atoms with E-state index in [4.69, 9.17) is 0 Å². The number of aromatic nitrogens is 3. The lowest BCUT2D eigenvalue weighted by atomic mass is 10.1. The zero-order valence-electron chi connectivity index (χ0n) is 18.5. The molecule has 2 aromatic rings. The minimum absolute atomic E-state index is 0.177. The summed E-state index contributed by atoms with van der Waals surface area (Å²) in [6, 6.07) is 5.17. The van der Waals surface area contributed by atoms with E-state index in [9.17, 15) is 21.4 Å². The van der Waals surface area contributed by atoms with E-state index < -0.39 is 20.1 Å². The SMILES string of the molecule is CC1CN(S(C)(=O)=O)C(C)CN1c1nc(Nc2cccc(S(=O)(=O)O)c2)nc(N(C)C)n1. The van der Waals surface area contributed by atoms with Crippen molar-refractivity contribution in [2.24, 2.45) is 0 Å². The van der Waals surface area contributed by atoms with Crippen molar-refractivity contribution < 1.29 is 21.4 Å². The van der Waals surface area contributed by atoms with Crippen molar-refractivity contribution in [3.8, 4) is 0 Å². The predicted octanol–water partition coefficient (Wildman–Crippen LogP) is 0.787. The highest BCUT2D eigenvalue weighted by atomic mass is 32.2. The number of nitrogens with zero attached hydrogens (tertiary/aromatic N) is 6. The number of anilines is 4. The summed E-state index contributed by atoms with van der Waals surface area (Å²) >= 11 is 0. The van der Waals surface area contributed by atoms with Gasteiger partial charge in [0.05, 0.1) is 11.2 Å². The number of sulfonamides is 1. The zero-order valence-corrected chi connectivity index (χ0v) is 20.1. The average molecular weight is 486 g/mol. The molecular weight excluding hydrogens is 458 g/mol. The molecule has 1 aliphatic rings. The number of hydrogen-bond donors (Lipinski definition) is 2. The van der Waals surface area contributed by atoms with Crippen LogP contribution in [0.5, 0.6) is 0 Å². The van der Waals surface area contributed by atoms with Gasteiger partial charge in [0.15, 0.2) is 0 Å². The quantitative estimate of drug-likeness (QED) is 0.559. The molecule has 12 nitrogen and oxygen atoms in total. The fourth-order valence-electron chi connectivity index (χ4n) is 3.44. The standard InChI is InChI=1S/C18H27N7O5S2/c1-12-11-25(31(5,26)27)13(2)10-24(12)18-21-16(20-17(22-18)23(3)4)19-14-7-6-8-15(9-14)32(28,29)30/h6-9,12-13H,10-11H2,1-5H3,(H,28,29,30)(H,19,20,21,22). The van der Waals surface area contributed by atoms with Crippen LogP contribution < -0.4 is 15.1 Å². The molecule has 2 N–H and O–H groups in total. The number of piperazine rings is 1. The normalized spacial score (nSPS) is 20.2. The van der Waals surface area contributed by atoms with Gasteiger partial charge in [0.2, 0.25) is 27.9 Å². The Morgan fingerprint density at radius 3 is 2.34 bits per heavy atom. The van der Waals surface area contributed by atoms with E-state index in [1.807, 2.05) is 18.7 Å². The van der Waals surface area contributed by atoms with Gasteiger partial charge < -0.3 is 15.1 Å². The first-order valence-electron chi connectivity index (χ1n) is 9.77. The second-order valence-corrected chi connectivity index (χ2v) is 11.3. The number of rotatable bonds is 6. The summed E-state index contributed by atoms with van der Waals surface area (Å²) in [5, 5.41) is 2.95. The van der Waals surface area contributed by atoms with Gasteiger partial charge in [-0.1, -0.05) is 6.07 Å². The molecular formula is C18H27N7O5S2. The van der Waals surface area contributed by atoms with Gasteiger partial charge in [0, 0.05) is 45.0 Å². The van der Waals surface area contributed by atoms with Gasteiger partial charge in [-0.3, -0.25) is 4.55 Å². The number of hydrogen-bond acceptors (Lipinski definition) is 10. The summed E-state index contributed by atoms with van der Waals surface area (Å²) in [6.07, 6.45) is 1.20. The van der Waals surface area contributed by atoms with E-state index in [0.717, 1.165) is 0 Å². The van der Waals surface area contributed by atoms with E-state index >= 15 is 0 Å². The van der Waals surface area contributed by atoms with Crippen LogP contribution in [0.1, 0.15) is 13.8 Å². The number of nitrogens with one attached hydrogen (secondary N) is 1. The van der Waals surface area contributed by atoms with Gasteiger partial charge in [-0.25, -0.2) is 8.42 Å². The molecule has 0 spiro atoms. The lowest BCUT2D eigenvalue weighted by molar-refractivity contribution is 0.273. The largest absolute Gasteiger partial charge is 0.347 e. The molecule has 1 aromatic heterocycles. The molecule has 14 heteroatoms. The molecule has 0 radical (unpaired) electrons. The Bertz CT molecular complexity index is 1200. The lowest BCUT2D eigenvalue weighted by Gasteiger charge is -2.42. The highest BCUT2D eigenvalue weighted by Gasteiger charge is 2.35. The fraction of sp³-hybridized carbons (Fsp3) is 0.500. The Hall–Kier alpha value is -2.55. The molecule has 0 aliphatic carbocycles. The van der Waals surface area contributed by atoms with Crippen LogP contribution in [0.3, 0.4) is 0 Å². The molecule has 0 amide bonds. The summed E-state index contributed by atoms with van der Waals surface area (Å²) < 4.78 is 57.8. The van der Waals surface area contributed by atoms with Crippen LogP contribution in [0.2, 0.25) is 0 Å². The molecule has 0 saturated carbocycles. The maximum absolute atomic E-state index is 12.1. The molecule has 3 rings (SSSR count). The topological polar surface area (TPSA) is 149 Å². The number of benzene rings is 1. The smallest absolute Gasteiger partial charge is 0.294 e. The van der Waals surface area contributed by atoms with Crippen LogP contribution in [-0.2, 0) is 20.1 Å². The third-order valence-electron chi connectivity index (χ3n) is 5.01. The van der Waals surface area contributed by atoms with Crippen molar-refractivity contribution in [1.29, 1.82) is 0 Å². The van der Waals surface area contributed by atoms with Gasteiger partial charge >= 0.3 is 0 Å². The Kier molecular flexibility index (Phi) is 6.60. The van der Waals surface area contributed by atoms with E-state index in [2.05, 4.69) is 20.3 Å². The molecule has 2 unspecified atom stereocenters. The average Bonchev–Trinajstić information content (AvgIpc) is 2.68. The lowest BCUT2D eigenvalue weighted by Crippen LogP contribution is -2.58. The van der Waals surface area contributed by atoms with E-state index in [-0.39, 0.29) is 22.9 Å². The third kappa shape index (κ3) is 5.43. The summed E-state index contributed by atoms with van der Waals surface area (Å²) in [5.41, 5.74) is 0.366. The summed E-state index contributed by atoms with van der Waals surface area (Å²) in [7, 11) is -4.15. The monoisotopic (exact) mass is 485 g/mol. The Balaban J connectivity index is 1.95. The Morgan fingerprint density at radius 1 is 1.06 bits per heavy atom. The van der Waals surface area contributed by atoms with Crippen molar-refractivity contribution in [3.05, 3.63) is 24.3 Å². The van der Waals surface area contributed by atoms with Crippen molar-refractivity contribution in [2.45, 2.75) is 30.8 Å². The van der Waals surface area contributed by atoms with Crippen LogP contribution >= 0.6 is 0 Å². The van der Waals surface area contributed by atoms with Crippen LogP contribution in [-0.4, -0.2) is 86.2 Å². The molecule has 1 fully saturated rings. The first-order chi connectivity index (χ1) is 14.8. The van der Waals surface area contributed by atoms with Gasteiger partial charge in [-0.15, -0.1) is 0 Å². The first-order valence-corrected chi connectivity index (χ1v) is 13.1. The second kappa shape index (κ2) is 8.77. The maximum atomic E-state index is 12.1. The van der Waals surface area contributed by atoms with Crippen LogP contribution in [0, 0.1) is 0 Å². The summed E-state index contributed by atoms with van der Waals surface area (Å²) in [4.78, 5) is 16.7. The van der Waals surface area contributed by atoms with Gasteiger partial charge in [-0.2, -0.15) is 27.7 Å². The van der Waals surface area contributed by atoms with E-state index in [0.29, 0.717) is 30.7 Å². The van der Waals surface area contributed by atoms with Crippen LogP contribution in [0.4, 0.5) is 23.5 Å². The first kappa shape index (κ1) is 24.1. The molecule has 32 heavy (non-hydrogen) atoms. The Labute approximate surface area is 188 Å². The van der Waals surface area contributed by atoms with Crippen LogP contribution in [0.25, 0.3) is 0 Å². The predicted molar refractivity (Wildman–Crippen MR) is 122 cm³/mol. The third-order valence-corrected chi connectivity index (χ3v) is 7.22. The molecule has 0 bridgehead atoms. The highest BCUT2D eigenvalue weighted by Crippen LogP contribution is 2.25. The van der Waals surface area contributed by atoms with Gasteiger partial charge in [0.25, 0.3) is 10.1 Å². The maximum Gasteiger partial charge on any atom is 0.294 e. The molecule has 1 saturated heterocycles. The summed E-state index contributed by atoms with van der Waals surface area (Å²) in [5.74, 6) is 0.912. The molecule has 2 atom stereocenters. The van der Waals surface area contributed by atoms with E-state index in [1.54, 1.807) is 25.1 Å². The molecule has 1 aliphatic heterocycles. The van der Waals surface area contributed by atoms with Crippen LogP contribution in [0.15, 0.2) is 29.2 Å². The fourth-order valence-corrected chi connectivity index (χ4v) is 5.17. The minimum Gasteiger partial charge on any atom is -0.347 e. The zero-order chi connectivity index (χ0) is 23.8. The molecule has 2 heterocycles. The highest BCUT2D eigenvalue weighted by molar-refractivity contribution is 7.88. The van der Waals surface area contributed by atoms with Gasteiger partial charge in [-0.05, 0) is 32.0 Å². The van der Waals surface area contributed by atoms with Crippen molar-refractivity contribution in [3.63, 3.8) is 0 Å². The van der Waals surface area contributed by atoms with Crippen molar-refractivity contribution in [2.75, 3.05) is 48.6 Å². The van der Waals surface area contributed by atoms with Crippen molar-refractivity contribution in [1.82, 2.24) is 19.3 Å². The minimum atomic E-state index is -4.36. The van der Waals surface area contributed by atoms with Crippen molar-refractivity contribution >= 4 is 43.7 Å². The van der Waals surface area contributed by atoms with E-state index in [1.165, 1.54) is 28.8 Å².